The normalized spacial score (nSPS) is 11.3. The highest BCUT2D eigenvalue weighted by molar-refractivity contribution is 9.10. The van der Waals surface area contributed by atoms with Gasteiger partial charge in [0.05, 0.1) is 38.5 Å². The third-order valence-corrected chi connectivity index (χ3v) is 24.9. The predicted molar refractivity (Wildman–Crippen MR) is 553 cm³/mol. The number of fused-ring (bicyclic) bond motifs is 13. The summed E-state index contributed by atoms with van der Waals surface area (Å²) in [7, 11) is 1.53. The van der Waals surface area contributed by atoms with Gasteiger partial charge in [0.2, 0.25) is 0 Å². The average molecular weight is 2140 g/mol. The van der Waals surface area contributed by atoms with Gasteiger partial charge in [-0.1, -0.05) is 143 Å². The van der Waals surface area contributed by atoms with Crippen molar-refractivity contribution in [2.75, 3.05) is 7.11 Å². The van der Waals surface area contributed by atoms with Gasteiger partial charge in [-0.15, -0.1) is 0 Å². The van der Waals surface area contributed by atoms with Crippen LogP contribution in [0.4, 0.5) is 50.9 Å². The fourth-order valence-electron chi connectivity index (χ4n) is 16.7. The standard InChI is InChI=1S/C18H7ClF9NO3.C14H10O4.C14H10O3.C14H10O.C11H10O3.C10H7BrO2.C10H7NO4.C10H8O4.C10H8O2/c19-12-2-1-11(15(16(20,21)22,17(23,24)25)18(26,27)28)7-5-9-10(6-8(7)12)14(30)4-3-13(9)29(31)32;15-11-1-2-12(16)8-6-10-9(5-7(8)11)13(17)3-4-14(10)18;15-12-3-1-2-8-6-10-11(7-9(8)12)14(17)5-4-13(10)16;15-14-7-3-6-12-8-10-4-1-2-5-11(10)9-13(12)14;1-14-10-6-5-8(12)7-3-2-4-9(13)11(7)10;11-7-4-5-8(12)6-2-1-3-9(13)10(6)7;12-8-5-4-7(11(14)15)10-6(8)2-1-3-9(10)13;11-5-1-2-6(12)10-8(14)4-3-7(13)9(5)10;11-9-5-1-3-7-8(9)4-2-6-10(7)12/h1-6,30H;1-6,15-18H;1-7,15-17H;1-9,15H;2-6,12-13H,1H3;1-5,12-13H;1-5,12-13H;1-4,11-14H;1-6,11-12H. The fourth-order valence-corrected chi connectivity index (χ4v) is 17.5. The Morgan fingerprint density at radius 3 is 0.900 bits per heavy atom. The molecule has 0 aromatic heterocycles. The smallest absolute Gasteiger partial charge is 0.416 e. The molecule has 0 aliphatic carbocycles. The lowest BCUT2D eigenvalue weighted by Crippen LogP contribution is -2.63. The van der Waals surface area contributed by atoms with Crippen molar-refractivity contribution in [3.05, 3.63) is 357 Å². The molecular formula is C111H77BrClF9N2O26. The third kappa shape index (κ3) is 21.2. The van der Waals surface area contributed by atoms with Crippen molar-refractivity contribution in [2.24, 2.45) is 0 Å². The van der Waals surface area contributed by atoms with Gasteiger partial charge in [0.15, 0.2) is 0 Å². The van der Waals surface area contributed by atoms with Crippen LogP contribution in [-0.2, 0) is 5.41 Å². The van der Waals surface area contributed by atoms with E-state index in [1.807, 2.05) is 36.4 Å². The van der Waals surface area contributed by atoms with Gasteiger partial charge in [-0.05, 0) is 227 Å². The molecule has 22 aromatic rings. The molecule has 0 radical (unpaired) electrons. The van der Waals surface area contributed by atoms with Crippen LogP contribution in [0.3, 0.4) is 0 Å². The zero-order chi connectivity index (χ0) is 109. The average Bonchev–Trinajstić information content (AvgIpc) is 0.691. The summed E-state index contributed by atoms with van der Waals surface area (Å²) < 4.78 is 129. The van der Waals surface area contributed by atoms with Crippen molar-refractivity contribution in [1.82, 2.24) is 0 Å². The van der Waals surface area contributed by atoms with E-state index in [0.29, 0.717) is 106 Å². The van der Waals surface area contributed by atoms with Crippen molar-refractivity contribution < 1.29 is 161 Å². The lowest BCUT2D eigenvalue weighted by atomic mass is 9.75. The molecule has 0 fully saturated rings. The van der Waals surface area contributed by atoms with E-state index in [1.165, 1.54) is 110 Å². The van der Waals surface area contributed by atoms with E-state index >= 15 is 0 Å². The highest BCUT2D eigenvalue weighted by Crippen LogP contribution is 2.63. The number of nitro groups is 2. The monoisotopic (exact) mass is 2140 g/mol. The number of non-ortho nitro benzene ring substituents is 2. The molecule has 39 heteroatoms. The number of nitrogens with zero attached hydrogens (tertiary/aromatic N) is 2. The van der Waals surface area contributed by atoms with Crippen LogP contribution in [-0.4, -0.2) is 143 Å². The summed E-state index contributed by atoms with van der Waals surface area (Å²) in [5.41, 5.74) is -9.68. The van der Waals surface area contributed by atoms with Crippen LogP contribution >= 0.6 is 27.5 Å². The number of nitro benzene ring substituents is 2. The maximum absolute atomic E-state index is 13.6. The quantitative estimate of drug-likeness (QED) is 0.0256. The van der Waals surface area contributed by atoms with Crippen LogP contribution in [0.25, 0.3) is 140 Å². The summed E-state index contributed by atoms with van der Waals surface area (Å²) in [5.74, 6) is 0.541. The number of methoxy groups -OCH3 is 1. The number of aromatic hydroxyl groups is 21. The number of hydrogen-bond donors (Lipinski definition) is 21. The van der Waals surface area contributed by atoms with Crippen LogP contribution in [0.5, 0.6) is 126 Å². The van der Waals surface area contributed by atoms with E-state index in [4.69, 9.17) is 16.3 Å². The molecule has 21 N–H and O–H groups in total. The zero-order valence-corrected chi connectivity index (χ0v) is 78.9. The number of halogens is 11. The van der Waals surface area contributed by atoms with E-state index < -0.39 is 77.4 Å². The molecule has 764 valence electrons. The Balaban J connectivity index is 0.000000135. The second-order valence-electron chi connectivity index (χ2n) is 32.9. The third-order valence-electron chi connectivity index (χ3n) is 23.9. The van der Waals surface area contributed by atoms with Crippen molar-refractivity contribution in [2.45, 2.75) is 23.9 Å². The number of ether oxygens (including phenoxy) is 1. The lowest BCUT2D eigenvalue weighted by molar-refractivity contribution is -0.387. The molecule has 22 aromatic carbocycles. The second-order valence-corrected chi connectivity index (χ2v) is 34.2. The van der Waals surface area contributed by atoms with Gasteiger partial charge in [0.1, 0.15) is 132 Å². The fraction of sp³-hybridized carbons (Fsp3) is 0.0450. The van der Waals surface area contributed by atoms with Gasteiger partial charge in [-0.2, -0.15) is 39.5 Å². The van der Waals surface area contributed by atoms with E-state index in [0.717, 1.165) is 38.2 Å². The summed E-state index contributed by atoms with van der Waals surface area (Å²) in [6.45, 7) is 0. The highest BCUT2D eigenvalue weighted by atomic mass is 79.9. The first-order valence-electron chi connectivity index (χ1n) is 43.6. The summed E-state index contributed by atoms with van der Waals surface area (Å²) in [4.78, 5) is 20.3. The van der Waals surface area contributed by atoms with Crippen LogP contribution < -0.4 is 4.74 Å². The van der Waals surface area contributed by atoms with E-state index in [9.17, 15) is 167 Å². The number of phenolic OH excluding ortho intramolecular Hbond substituents is 21. The maximum Gasteiger partial charge on any atom is 0.416 e. The molecule has 0 amide bonds. The zero-order valence-electron chi connectivity index (χ0n) is 76.6. The van der Waals surface area contributed by atoms with Gasteiger partial charge in [-0.3, -0.25) is 20.2 Å². The lowest BCUT2D eigenvalue weighted by Gasteiger charge is -2.39. The molecule has 0 spiro atoms. The minimum atomic E-state index is -6.90. The Hall–Kier alpha value is -19.2. The van der Waals surface area contributed by atoms with Crippen LogP contribution in [0.1, 0.15) is 5.56 Å². The van der Waals surface area contributed by atoms with Gasteiger partial charge >= 0.3 is 18.5 Å². The van der Waals surface area contributed by atoms with Crippen molar-refractivity contribution in [3.8, 4) is 126 Å². The summed E-state index contributed by atoms with van der Waals surface area (Å²) in [5, 5.41) is 233. The molecule has 0 aliphatic heterocycles. The Labute approximate surface area is 849 Å². The first-order valence-corrected chi connectivity index (χ1v) is 44.7. The summed E-state index contributed by atoms with van der Waals surface area (Å²) in [6, 6.07) is 79.3. The van der Waals surface area contributed by atoms with E-state index in [1.54, 1.807) is 127 Å². The van der Waals surface area contributed by atoms with Crippen LogP contribution in [0.15, 0.2) is 326 Å². The van der Waals surface area contributed by atoms with Gasteiger partial charge in [0.25, 0.3) is 16.8 Å². The highest BCUT2D eigenvalue weighted by Gasteiger charge is 2.84. The van der Waals surface area contributed by atoms with Gasteiger partial charge < -0.3 is 112 Å². The maximum atomic E-state index is 13.6. The number of benzene rings is 22. The Morgan fingerprint density at radius 2 is 0.493 bits per heavy atom. The number of rotatable bonds is 4. The molecule has 0 saturated heterocycles. The summed E-state index contributed by atoms with van der Waals surface area (Å²) in [6.07, 6.45) is -20.7. The molecule has 28 nitrogen and oxygen atoms in total. The first kappa shape index (κ1) is 107. The minimum Gasteiger partial charge on any atom is -0.507 e. The van der Waals surface area contributed by atoms with Crippen molar-refractivity contribution in [3.63, 3.8) is 0 Å². The number of phenols is 21. The predicted octanol–water partition coefficient (Wildman–Crippen LogP) is 28.2. The largest absolute Gasteiger partial charge is 0.507 e. The molecule has 0 unspecified atom stereocenters. The first-order chi connectivity index (χ1) is 71.0. The SMILES string of the molecule is COc1ccc(O)c2cccc(O)c12.O=[N+]([O-])c1ccc(O)c2cc3c(Cl)ccc(C(C(F)(F)F)(C(F)(F)F)C(F)(F)F)c3cc12.O=[N+]([O-])c1ccc(O)c2cccc(O)c12.Oc1ccc(Br)c2c(O)cccc12.Oc1ccc(O)c2c(O)ccc(O)c12.Oc1ccc(O)c2cc3c(O)ccc(O)c3cc12.Oc1cccc2c(O)cccc12.Oc1cccc2cc3c(O)ccc(O)c3cc12.Oc1cccc2cc3ccccc3cc12. The second kappa shape index (κ2) is 43.0. The topological polar surface area (TPSA) is 520 Å². The van der Waals surface area contributed by atoms with Gasteiger partial charge in [-0.25, -0.2) is 0 Å². The minimum absolute atomic E-state index is 0.00689. The van der Waals surface area contributed by atoms with E-state index in [2.05, 4.69) is 34.1 Å². The molecule has 22 rings (SSSR count). The molecule has 0 heterocycles. The summed E-state index contributed by atoms with van der Waals surface area (Å²) >= 11 is 9.13. The van der Waals surface area contributed by atoms with Crippen LogP contribution in [0.2, 0.25) is 5.02 Å². The van der Waals surface area contributed by atoms with Crippen LogP contribution in [0, 0.1) is 20.2 Å². The molecule has 0 bridgehead atoms. The van der Waals surface area contributed by atoms with Crippen molar-refractivity contribution in [1.29, 1.82) is 0 Å². The molecule has 150 heavy (non-hydrogen) atoms. The van der Waals surface area contributed by atoms with Crippen molar-refractivity contribution >= 4 is 179 Å². The van der Waals surface area contributed by atoms with E-state index in [-0.39, 0.29) is 143 Å². The Morgan fingerprint density at radius 1 is 0.233 bits per heavy atom. The number of hydrogen-bond acceptors (Lipinski definition) is 26. The number of alkyl halides is 9. The Kier molecular flexibility index (Phi) is 30.5. The molecule has 0 aliphatic rings. The molecule has 0 atom stereocenters. The van der Waals surface area contributed by atoms with Gasteiger partial charge in [0, 0.05) is 108 Å². The Bertz CT molecular complexity index is 8780. The molecule has 0 saturated carbocycles. The molecular weight excluding hydrogens is 2060 g/mol.